The number of rotatable bonds is 10. The molecule has 0 radical (unpaired) electrons. The van der Waals surface area contributed by atoms with Gasteiger partial charge in [-0.1, -0.05) is 18.2 Å². The summed E-state index contributed by atoms with van der Waals surface area (Å²) in [5.74, 6) is -1.16. The van der Waals surface area contributed by atoms with E-state index in [1.165, 1.54) is 43.1 Å². The van der Waals surface area contributed by atoms with Crippen LogP contribution >= 0.6 is 7.75 Å². The summed E-state index contributed by atoms with van der Waals surface area (Å²) in [4.78, 5) is 23.3. The van der Waals surface area contributed by atoms with Crippen LogP contribution in [-0.4, -0.2) is 60.2 Å². The largest absolute Gasteiger partial charge is 1.00 e. The molecule has 2 aromatic rings. The molecule has 5 N–H and O–H groups in total. The molecule has 14 heteroatoms. The molecule has 2 heterocycles. The highest BCUT2D eigenvalue weighted by Crippen LogP contribution is 2.45. The van der Waals surface area contributed by atoms with E-state index in [1.807, 2.05) is 0 Å². The van der Waals surface area contributed by atoms with Gasteiger partial charge in [0.2, 0.25) is 0 Å². The minimum absolute atomic E-state index is 0. The highest BCUT2D eigenvalue weighted by Gasteiger charge is 2.49. The Hall–Kier alpha value is -2.57. The van der Waals surface area contributed by atoms with E-state index in [1.54, 1.807) is 30.3 Å². The molecule has 1 aliphatic heterocycles. The van der Waals surface area contributed by atoms with Crippen molar-refractivity contribution in [3.63, 3.8) is 0 Å². The zero-order valence-corrected chi connectivity index (χ0v) is 20.5. The second-order valence-corrected chi connectivity index (χ2v) is 9.22. The lowest BCUT2D eigenvalue weighted by Crippen LogP contribution is -3.00. The number of amides is 1. The third-order valence-electron chi connectivity index (χ3n) is 5.02. The van der Waals surface area contributed by atoms with E-state index in [2.05, 4.69) is 9.82 Å². The van der Waals surface area contributed by atoms with Gasteiger partial charge in [0.1, 0.15) is 29.6 Å². The summed E-state index contributed by atoms with van der Waals surface area (Å²) < 4.78 is 36.1. The molecule has 12 nitrogen and oxygen atoms in total. The van der Waals surface area contributed by atoms with E-state index in [0.29, 0.717) is 0 Å². The zero-order chi connectivity index (χ0) is 24.9. The lowest BCUT2D eigenvalue weighted by Gasteiger charge is -2.24. The van der Waals surface area contributed by atoms with Gasteiger partial charge < -0.3 is 42.4 Å². The number of primary amides is 1. The van der Waals surface area contributed by atoms with Gasteiger partial charge >= 0.3 is 13.7 Å². The standard InChI is InChI=1S/C21H26N3O9P.ClH/c1-13(21(28)30-2)23-34(29,33-15-8-4-3-5-9-15)31-12-16-17(25)18(26)20(32-16)24-10-6-7-14(11-24)19(22)27;/h3-11,13,16-18,20,25-26H,12H2,1-2H3,(H2-,22,23,27,29);1H/t13-,16+,17+,18+,20+,34?;/m0./s1. The van der Waals surface area contributed by atoms with Crippen LogP contribution in [0.15, 0.2) is 54.9 Å². The third kappa shape index (κ3) is 7.21. The Labute approximate surface area is 207 Å². The smallest absolute Gasteiger partial charge is 0.459 e. The average Bonchev–Trinajstić information content (AvgIpc) is 3.11. The maximum Gasteiger partial charge on any atom is 0.459 e. The molecule has 1 unspecified atom stereocenters. The molecule has 6 atom stereocenters. The van der Waals surface area contributed by atoms with Crippen LogP contribution in [0.3, 0.4) is 0 Å². The topological polar surface area (TPSA) is 171 Å². The van der Waals surface area contributed by atoms with Gasteiger partial charge in [0, 0.05) is 6.07 Å². The van der Waals surface area contributed by atoms with Crippen LogP contribution in [0.25, 0.3) is 0 Å². The van der Waals surface area contributed by atoms with E-state index in [-0.39, 0.29) is 23.7 Å². The van der Waals surface area contributed by atoms with E-state index in [9.17, 15) is 24.4 Å². The van der Waals surface area contributed by atoms with E-state index < -0.39 is 56.8 Å². The number of carbonyl (C=O) groups is 2. The number of nitrogens with two attached hydrogens (primary N) is 1. The summed E-state index contributed by atoms with van der Waals surface area (Å²) in [6.45, 7) is 0.953. The summed E-state index contributed by atoms with van der Waals surface area (Å²) in [6.07, 6.45) is -2.10. The lowest BCUT2D eigenvalue weighted by molar-refractivity contribution is -0.765. The second kappa shape index (κ2) is 12.4. The monoisotopic (exact) mass is 531 g/mol. The number of hydrogen-bond donors (Lipinski definition) is 4. The van der Waals surface area contributed by atoms with E-state index in [0.717, 1.165) is 0 Å². The number of aliphatic hydroxyl groups excluding tert-OH is 2. The fourth-order valence-electron chi connectivity index (χ4n) is 3.26. The molecular weight excluding hydrogens is 505 g/mol. The van der Waals surface area contributed by atoms with Crippen LogP contribution in [0.2, 0.25) is 0 Å². The quantitative estimate of drug-likeness (QED) is 0.141. The van der Waals surface area contributed by atoms with Crippen molar-refractivity contribution in [3.8, 4) is 5.75 Å². The van der Waals surface area contributed by atoms with Gasteiger partial charge in [0.25, 0.3) is 12.1 Å². The fourth-order valence-corrected chi connectivity index (χ4v) is 4.76. The number of aromatic nitrogens is 1. The Bertz CT molecular complexity index is 1060. The van der Waals surface area contributed by atoms with Crippen LogP contribution in [0.5, 0.6) is 5.75 Å². The molecule has 0 bridgehead atoms. The average molecular weight is 532 g/mol. The molecule has 1 fully saturated rings. The summed E-state index contributed by atoms with van der Waals surface area (Å²) in [7, 11) is -2.99. The molecule has 0 spiro atoms. The summed E-state index contributed by atoms with van der Waals surface area (Å²) in [5.41, 5.74) is 5.47. The third-order valence-corrected chi connectivity index (χ3v) is 6.67. The molecule has 35 heavy (non-hydrogen) atoms. The Morgan fingerprint density at radius 3 is 2.51 bits per heavy atom. The number of halogens is 1. The normalized spacial score (nSPS) is 24.0. The molecule has 0 aliphatic carbocycles. The first kappa shape index (κ1) is 28.7. The van der Waals surface area contributed by atoms with E-state index in [4.69, 9.17) is 19.5 Å². The second-order valence-electron chi connectivity index (χ2n) is 7.52. The molecule has 1 aromatic carbocycles. The maximum absolute atomic E-state index is 13.4. The van der Waals surface area contributed by atoms with Gasteiger partial charge in [-0.3, -0.25) is 14.1 Å². The van der Waals surface area contributed by atoms with Crippen molar-refractivity contribution < 1.29 is 59.9 Å². The molecule has 192 valence electrons. The van der Waals surface area contributed by atoms with Crippen molar-refractivity contribution in [2.45, 2.75) is 37.5 Å². The van der Waals surface area contributed by atoms with Gasteiger partial charge in [-0.2, -0.15) is 9.65 Å². The lowest BCUT2D eigenvalue weighted by atomic mass is 10.1. The molecule has 1 aromatic heterocycles. The number of aliphatic hydroxyl groups is 2. The van der Waals surface area contributed by atoms with Crippen LogP contribution in [-0.2, 0) is 23.4 Å². The van der Waals surface area contributed by atoms with Crippen molar-refractivity contribution >= 4 is 19.6 Å². The number of hydrogen-bond acceptors (Lipinski definition) is 9. The van der Waals surface area contributed by atoms with Crippen LogP contribution < -0.4 is 32.3 Å². The van der Waals surface area contributed by atoms with Gasteiger partial charge in [0.05, 0.1) is 13.7 Å². The number of carbonyl (C=O) groups excluding carboxylic acids is 2. The Balaban J connectivity index is 0.00000432. The Morgan fingerprint density at radius 1 is 1.20 bits per heavy atom. The fraction of sp³-hybridized carbons (Fsp3) is 0.381. The number of nitrogens with one attached hydrogen (secondary N) is 1. The number of para-hydroxylation sites is 1. The number of methoxy groups -OCH3 is 1. The van der Waals surface area contributed by atoms with Crippen molar-refractivity contribution in [3.05, 3.63) is 60.4 Å². The SMILES string of the molecule is COC(=O)[C@H](C)NP(=O)(OC[C@H]1O[C@@H]([n+]2cccc(C(N)=O)c2)[C@H](O)[C@@H]1O)Oc1ccccc1.[Cl-]. The highest BCUT2D eigenvalue weighted by molar-refractivity contribution is 7.52. The molecule has 1 saturated heterocycles. The maximum atomic E-state index is 13.4. The minimum Gasteiger partial charge on any atom is -1.00 e. The summed E-state index contributed by atoms with van der Waals surface area (Å²) >= 11 is 0. The van der Waals surface area contributed by atoms with Gasteiger partial charge in [-0.15, -0.1) is 0 Å². The van der Waals surface area contributed by atoms with Crippen molar-refractivity contribution in [1.82, 2.24) is 5.09 Å². The summed E-state index contributed by atoms with van der Waals surface area (Å²) in [6, 6.07) is 10.1. The molecule has 0 saturated carbocycles. The predicted molar refractivity (Wildman–Crippen MR) is 116 cm³/mol. The van der Waals surface area contributed by atoms with Crippen LogP contribution in [0, 0.1) is 0 Å². The van der Waals surface area contributed by atoms with Crippen LogP contribution in [0.4, 0.5) is 0 Å². The first-order valence-electron chi connectivity index (χ1n) is 10.3. The van der Waals surface area contributed by atoms with Gasteiger partial charge in [-0.05, 0) is 25.1 Å². The molecular formula is C21H27ClN3O9P. The predicted octanol–water partition coefficient (Wildman–Crippen LogP) is -2.95. The zero-order valence-electron chi connectivity index (χ0n) is 18.9. The number of ether oxygens (including phenoxy) is 2. The minimum atomic E-state index is -4.17. The number of benzene rings is 1. The van der Waals surface area contributed by atoms with Crippen molar-refractivity contribution in [2.75, 3.05) is 13.7 Å². The molecule has 1 amide bonds. The number of esters is 1. The van der Waals surface area contributed by atoms with Crippen molar-refractivity contribution in [2.24, 2.45) is 5.73 Å². The molecule has 3 rings (SSSR count). The van der Waals surface area contributed by atoms with Gasteiger partial charge in [-0.25, -0.2) is 4.57 Å². The Morgan fingerprint density at radius 2 is 1.89 bits per heavy atom. The highest BCUT2D eigenvalue weighted by atomic mass is 35.5. The Kier molecular flexibility index (Phi) is 10.2. The van der Waals surface area contributed by atoms with Gasteiger partial charge in [0.15, 0.2) is 18.5 Å². The molecule has 1 aliphatic rings. The first-order chi connectivity index (χ1) is 16.1. The number of pyridine rings is 1. The van der Waals surface area contributed by atoms with Crippen molar-refractivity contribution in [1.29, 1.82) is 0 Å². The first-order valence-corrected chi connectivity index (χ1v) is 11.8. The number of nitrogens with zero attached hydrogens (tertiary/aromatic N) is 1. The van der Waals surface area contributed by atoms with E-state index >= 15 is 0 Å². The van der Waals surface area contributed by atoms with Crippen LogP contribution in [0.1, 0.15) is 23.5 Å². The summed E-state index contributed by atoms with van der Waals surface area (Å²) in [5, 5.41) is 23.4.